The van der Waals surface area contributed by atoms with Gasteiger partial charge in [-0.25, -0.2) is 16.8 Å². The zero-order chi connectivity index (χ0) is 56.6. The van der Waals surface area contributed by atoms with Crippen LogP contribution in [-0.4, -0.2) is 102 Å². The first kappa shape index (κ1) is 59.9. The average molecular weight is 1170 g/mol. The second-order valence-corrected chi connectivity index (χ2v) is 27.4. The van der Waals surface area contributed by atoms with Gasteiger partial charge in [0.05, 0.1) is 21.2 Å². The summed E-state index contributed by atoms with van der Waals surface area (Å²) in [5, 5.41) is 0. The average Bonchev–Trinajstić information content (AvgIpc) is 3.59. The van der Waals surface area contributed by atoms with Crippen molar-refractivity contribution in [2.45, 2.75) is 136 Å². The number of nitrogens with zero attached hydrogens (tertiary/aromatic N) is 4. The summed E-state index contributed by atoms with van der Waals surface area (Å²) in [5.41, 5.74) is 4.07. The van der Waals surface area contributed by atoms with Crippen LogP contribution in [0.25, 0.3) is 22.5 Å². The maximum absolute atomic E-state index is 14.1. The second kappa shape index (κ2) is 24.7. The highest BCUT2D eigenvalue weighted by atomic mass is 79.9. The fourth-order valence-corrected chi connectivity index (χ4v) is 13.7. The van der Waals surface area contributed by atoms with Crippen molar-refractivity contribution in [1.29, 1.82) is 0 Å². The standard InChI is InChI=1S/C32H37F3N2O4S.C28H31BrN2O4S/c1-30(2,3)41-29(38)31(18-20-37(21-19-31)23-25-8-5-4-6-9-25)42(39,40)27-14-12-26(13-15-27)28-16-11-24(22-36-28)10-7-17-32(33,34)35;1-27(2,3)35-26(32)28(15-17-31(18-16-28)20-21-7-5-4-6-8-21)36(33,34)24-12-9-22(10-13-24)25-14-11-23(29)19-30-25/h4-6,8-9,11-16,22H,7,10,17-21,23H2,1-3H3;4-14,19H,15-18,20H2,1-3H3. The van der Waals surface area contributed by atoms with E-state index >= 15 is 0 Å². The van der Waals surface area contributed by atoms with Crippen LogP contribution in [-0.2, 0) is 58.2 Å². The minimum Gasteiger partial charge on any atom is -0.459 e. The van der Waals surface area contributed by atoms with Crippen LogP contribution in [0.1, 0.15) is 96.8 Å². The molecule has 0 spiro atoms. The van der Waals surface area contributed by atoms with Crippen LogP contribution in [0.3, 0.4) is 0 Å². The van der Waals surface area contributed by atoms with Crippen LogP contribution in [0.2, 0.25) is 0 Å². The lowest BCUT2D eigenvalue weighted by atomic mass is 9.95. The molecule has 12 nitrogen and oxygen atoms in total. The Morgan fingerprint density at radius 3 is 1.26 bits per heavy atom. The van der Waals surface area contributed by atoms with E-state index in [9.17, 15) is 39.6 Å². The number of alkyl halides is 3. The SMILES string of the molecule is CC(C)(C)OC(=O)C1(S(=O)(=O)c2ccc(-c3ccc(Br)cn3)cc2)CCN(Cc2ccccc2)CC1.CC(C)(C)OC(=O)C1(S(=O)(=O)c2ccc(-c3ccc(CCCC(F)(F)F)cn3)cc2)CCN(Cc2ccccc2)CC1. The molecule has 2 fully saturated rings. The highest BCUT2D eigenvalue weighted by Crippen LogP contribution is 2.41. The Balaban J connectivity index is 0.000000229. The van der Waals surface area contributed by atoms with E-state index in [0.29, 0.717) is 56.1 Å². The minimum atomic E-state index is -4.18. The van der Waals surface area contributed by atoms with Crippen LogP contribution in [0.5, 0.6) is 0 Å². The number of aryl methyl sites for hydroxylation is 1. The molecule has 2 saturated heterocycles. The minimum absolute atomic E-state index is 0.0134. The van der Waals surface area contributed by atoms with Gasteiger partial charge in [0.15, 0.2) is 29.2 Å². The van der Waals surface area contributed by atoms with Gasteiger partial charge in [-0.2, -0.15) is 13.2 Å². The molecule has 2 aliphatic heterocycles. The van der Waals surface area contributed by atoms with Gasteiger partial charge in [0, 0.05) is 73.7 Å². The molecule has 78 heavy (non-hydrogen) atoms. The Kier molecular flexibility index (Phi) is 19.0. The third kappa shape index (κ3) is 15.1. The molecule has 4 heterocycles. The molecule has 4 aromatic carbocycles. The van der Waals surface area contributed by atoms with Crippen molar-refractivity contribution in [3.8, 4) is 22.5 Å². The summed E-state index contributed by atoms with van der Waals surface area (Å²) in [6, 6.07) is 39.9. The van der Waals surface area contributed by atoms with Gasteiger partial charge in [0.1, 0.15) is 11.2 Å². The van der Waals surface area contributed by atoms with Gasteiger partial charge < -0.3 is 9.47 Å². The molecular weight excluding hydrogens is 1110 g/mol. The number of likely N-dealkylation sites (tertiary alicyclic amines) is 2. The number of esters is 2. The van der Waals surface area contributed by atoms with Gasteiger partial charge in [-0.1, -0.05) is 91.0 Å². The van der Waals surface area contributed by atoms with E-state index in [2.05, 4.69) is 35.7 Å². The highest BCUT2D eigenvalue weighted by molar-refractivity contribution is 9.10. The third-order valence-electron chi connectivity index (χ3n) is 13.8. The number of halogens is 4. The van der Waals surface area contributed by atoms with Crippen LogP contribution in [0.4, 0.5) is 13.2 Å². The van der Waals surface area contributed by atoms with E-state index in [0.717, 1.165) is 26.9 Å². The molecule has 0 unspecified atom stereocenters. The molecule has 0 bridgehead atoms. The van der Waals surface area contributed by atoms with Gasteiger partial charge in [-0.3, -0.25) is 29.4 Å². The van der Waals surface area contributed by atoms with Crippen molar-refractivity contribution in [3.63, 3.8) is 0 Å². The Morgan fingerprint density at radius 2 is 0.923 bits per heavy atom. The van der Waals surface area contributed by atoms with Crippen molar-refractivity contribution in [2.24, 2.45) is 0 Å². The number of ether oxygens (including phenoxy) is 2. The predicted octanol–water partition coefficient (Wildman–Crippen LogP) is 12.4. The van der Waals surface area contributed by atoms with Crippen LogP contribution >= 0.6 is 15.9 Å². The molecular formula is C60H68BrF3N4O8S2. The second-order valence-electron chi connectivity index (χ2n) is 22.0. The maximum Gasteiger partial charge on any atom is 0.389 e. The number of rotatable bonds is 15. The van der Waals surface area contributed by atoms with Crippen LogP contribution < -0.4 is 0 Å². The molecule has 2 aromatic heterocycles. The van der Waals surface area contributed by atoms with E-state index in [1.807, 2.05) is 72.8 Å². The third-order valence-corrected chi connectivity index (χ3v) is 19.3. The lowest BCUT2D eigenvalue weighted by Crippen LogP contribution is -2.56. The predicted molar refractivity (Wildman–Crippen MR) is 299 cm³/mol. The summed E-state index contributed by atoms with van der Waals surface area (Å²) in [6.45, 7) is 13.6. The Morgan fingerprint density at radius 1 is 0.538 bits per heavy atom. The number of piperidine rings is 2. The highest BCUT2D eigenvalue weighted by Gasteiger charge is 2.56. The summed E-state index contributed by atoms with van der Waals surface area (Å²) < 4.78 is 103. The van der Waals surface area contributed by atoms with Gasteiger partial charge in [-0.15, -0.1) is 0 Å². The zero-order valence-corrected chi connectivity index (χ0v) is 48.2. The molecule has 2 aliphatic rings. The van der Waals surface area contributed by atoms with E-state index in [1.165, 1.54) is 18.3 Å². The van der Waals surface area contributed by atoms with Crippen molar-refractivity contribution in [1.82, 2.24) is 19.8 Å². The van der Waals surface area contributed by atoms with Gasteiger partial charge in [-0.05, 0) is 155 Å². The van der Waals surface area contributed by atoms with Crippen molar-refractivity contribution in [2.75, 3.05) is 26.2 Å². The number of carbonyl (C=O) groups excluding carboxylic acids is 2. The number of carbonyl (C=O) groups is 2. The van der Waals surface area contributed by atoms with Gasteiger partial charge >= 0.3 is 18.1 Å². The summed E-state index contributed by atoms with van der Waals surface area (Å²) in [6.07, 6.45) is -0.985. The molecule has 416 valence electrons. The quantitative estimate of drug-likeness (QED) is 0.0899. The fourth-order valence-electron chi connectivity index (χ4n) is 9.58. The van der Waals surface area contributed by atoms with Gasteiger partial charge in [0.25, 0.3) is 0 Å². The maximum atomic E-state index is 14.1. The molecule has 0 radical (unpaired) electrons. The topological polar surface area (TPSA) is 153 Å². The molecule has 0 N–H and O–H groups in total. The number of aromatic nitrogens is 2. The Hall–Kier alpha value is -5.79. The smallest absolute Gasteiger partial charge is 0.389 e. The first-order valence-electron chi connectivity index (χ1n) is 26.0. The summed E-state index contributed by atoms with van der Waals surface area (Å²) in [5.74, 6) is -1.41. The zero-order valence-electron chi connectivity index (χ0n) is 44.9. The molecule has 18 heteroatoms. The van der Waals surface area contributed by atoms with E-state index in [1.54, 1.807) is 96.3 Å². The lowest BCUT2D eigenvalue weighted by molar-refractivity contribution is -0.160. The first-order valence-corrected chi connectivity index (χ1v) is 29.8. The lowest BCUT2D eigenvalue weighted by Gasteiger charge is -2.40. The number of pyridine rings is 2. The molecule has 0 saturated carbocycles. The number of hydrogen-bond acceptors (Lipinski definition) is 12. The molecule has 0 atom stereocenters. The molecule has 0 aliphatic carbocycles. The summed E-state index contributed by atoms with van der Waals surface area (Å²) >= 11 is 3.37. The first-order chi connectivity index (χ1) is 36.7. The largest absolute Gasteiger partial charge is 0.459 e. The number of benzene rings is 4. The Labute approximate surface area is 465 Å². The normalized spacial score (nSPS) is 16.3. The number of sulfone groups is 2. The van der Waals surface area contributed by atoms with Crippen LogP contribution in [0, 0.1) is 0 Å². The summed E-state index contributed by atoms with van der Waals surface area (Å²) in [7, 11) is -8.16. The van der Waals surface area contributed by atoms with Crippen LogP contribution in [0.15, 0.2) is 160 Å². The Bertz CT molecular complexity index is 3180. The van der Waals surface area contributed by atoms with Crippen molar-refractivity contribution >= 4 is 47.5 Å². The molecule has 0 amide bonds. The monoisotopic (exact) mass is 1170 g/mol. The van der Waals surface area contributed by atoms with Crippen molar-refractivity contribution < 1.29 is 49.1 Å². The number of hydrogen-bond donors (Lipinski definition) is 0. The molecule has 8 rings (SSSR count). The van der Waals surface area contributed by atoms with E-state index < -0.39 is 64.9 Å². The molecule has 6 aromatic rings. The van der Waals surface area contributed by atoms with Crippen molar-refractivity contribution in [3.05, 3.63) is 167 Å². The van der Waals surface area contributed by atoms with E-state index in [-0.39, 0.29) is 48.3 Å². The van der Waals surface area contributed by atoms with E-state index in [4.69, 9.17) is 9.47 Å². The van der Waals surface area contributed by atoms with Gasteiger partial charge in [0.2, 0.25) is 0 Å². The summed E-state index contributed by atoms with van der Waals surface area (Å²) in [4.78, 5) is 40.3. The fraction of sp³-hybridized carbons (Fsp3) is 0.400.